The van der Waals surface area contributed by atoms with E-state index >= 15 is 0 Å². The third-order valence-electron chi connectivity index (χ3n) is 3.53. The van der Waals surface area contributed by atoms with Gasteiger partial charge in [0.2, 0.25) is 5.91 Å². The average Bonchev–Trinajstić information content (AvgIpc) is 3.10. The number of carbonyl (C=O) groups is 1. The van der Waals surface area contributed by atoms with Gasteiger partial charge in [0.25, 0.3) is 0 Å². The minimum absolute atomic E-state index is 0.0667. The first-order chi connectivity index (χ1) is 12.4. The van der Waals surface area contributed by atoms with Crippen LogP contribution in [0.1, 0.15) is 5.69 Å². The molecule has 5 nitrogen and oxygen atoms in total. The van der Waals surface area contributed by atoms with Crippen LogP contribution >= 0.6 is 22.9 Å². The summed E-state index contributed by atoms with van der Waals surface area (Å²) in [4.78, 5) is 16.5. The summed E-state index contributed by atoms with van der Waals surface area (Å²) in [6.07, 6.45) is 0. The van der Waals surface area contributed by atoms with E-state index in [2.05, 4.69) is 10.3 Å². The van der Waals surface area contributed by atoms with Crippen LogP contribution < -0.4 is 5.32 Å². The lowest BCUT2D eigenvalue weighted by molar-refractivity contribution is -0.118. The number of halogens is 1. The van der Waals surface area contributed by atoms with E-state index in [4.69, 9.17) is 11.6 Å². The first kappa shape index (κ1) is 18.6. The fourth-order valence-electron chi connectivity index (χ4n) is 2.24. The molecule has 0 saturated heterocycles. The molecular weight excluding hydrogens is 392 g/mol. The molecule has 0 aliphatic carbocycles. The lowest BCUT2D eigenvalue weighted by Gasteiger charge is -2.05. The Morgan fingerprint density at radius 1 is 1.08 bits per heavy atom. The minimum Gasteiger partial charge on any atom is -0.350 e. The van der Waals surface area contributed by atoms with Gasteiger partial charge in [0.1, 0.15) is 10.8 Å². The molecule has 3 rings (SSSR count). The molecule has 0 unspecified atom stereocenters. The second-order valence-electron chi connectivity index (χ2n) is 5.50. The quantitative estimate of drug-likeness (QED) is 0.679. The number of benzene rings is 2. The van der Waals surface area contributed by atoms with Gasteiger partial charge in [-0.15, -0.1) is 11.3 Å². The molecule has 26 heavy (non-hydrogen) atoms. The summed E-state index contributed by atoms with van der Waals surface area (Å²) in [5.74, 6) is -1.20. The summed E-state index contributed by atoms with van der Waals surface area (Å²) in [6, 6.07) is 15.4. The van der Waals surface area contributed by atoms with Crippen molar-refractivity contribution in [3.8, 4) is 10.6 Å². The maximum absolute atomic E-state index is 12.2. The predicted octanol–water partition coefficient (Wildman–Crippen LogP) is 3.55. The van der Waals surface area contributed by atoms with Gasteiger partial charge < -0.3 is 5.32 Å². The molecule has 0 fully saturated rings. The van der Waals surface area contributed by atoms with Gasteiger partial charge in [-0.05, 0) is 24.3 Å². The zero-order chi connectivity index (χ0) is 18.6. The first-order valence-electron chi connectivity index (χ1n) is 7.69. The largest absolute Gasteiger partial charge is 0.350 e. The fraction of sp³-hybridized carbons (Fsp3) is 0.111. The highest BCUT2D eigenvalue weighted by molar-refractivity contribution is 7.92. The highest BCUT2D eigenvalue weighted by atomic mass is 35.5. The number of thiazole rings is 1. The number of amides is 1. The third-order valence-corrected chi connectivity index (χ3v) is 6.36. The summed E-state index contributed by atoms with van der Waals surface area (Å²) in [5, 5.41) is 5.73. The Balaban J connectivity index is 1.59. The van der Waals surface area contributed by atoms with Crippen LogP contribution in [-0.4, -0.2) is 25.1 Å². The summed E-state index contributed by atoms with van der Waals surface area (Å²) in [7, 11) is -3.71. The van der Waals surface area contributed by atoms with Crippen LogP contribution in [0.2, 0.25) is 5.02 Å². The Morgan fingerprint density at radius 2 is 1.77 bits per heavy atom. The zero-order valence-electron chi connectivity index (χ0n) is 13.6. The molecule has 1 aromatic heterocycles. The van der Waals surface area contributed by atoms with Crippen LogP contribution in [0.4, 0.5) is 0 Å². The highest BCUT2D eigenvalue weighted by Gasteiger charge is 2.19. The molecule has 0 atom stereocenters. The van der Waals surface area contributed by atoms with Crippen LogP contribution in [0.25, 0.3) is 10.6 Å². The van der Waals surface area contributed by atoms with Crippen molar-refractivity contribution in [1.29, 1.82) is 0 Å². The van der Waals surface area contributed by atoms with E-state index < -0.39 is 21.5 Å². The van der Waals surface area contributed by atoms with Crippen molar-refractivity contribution < 1.29 is 13.2 Å². The van der Waals surface area contributed by atoms with Gasteiger partial charge >= 0.3 is 0 Å². The van der Waals surface area contributed by atoms with Crippen molar-refractivity contribution in [2.24, 2.45) is 0 Å². The van der Waals surface area contributed by atoms with Gasteiger partial charge in [0.15, 0.2) is 9.84 Å². The van der Waals surface area contributed by atoms with Crippen LogP contribution in [0.3, 0.4) is 0 Å². The van der Waals surface area contributed by atoms with Gasteiger partial charge in [-0.25, -0.2) is 13.4 Å². The summed E-state index contributed by atoms with van der Waals surface area (Å²) >= 11 is 7.22. The van der Waals surface area contributed by atoms with E-state index in [0.717, 1.165) is 10.6 Å². The van der Waals surface area contributed by atoms with Crippen LogP contribution in [0.15, 0.2) is 64.9 Å². The predicted molar refractivity (Wildman–Crippen MR) is 103 cm³/mol. The molecule has 3 aromatic rings. The molecule has 0 aliphatic rings. The maximum Gasteiger partial charge on any atom is 0.235 e. The third kappa shape index (κ3) is 4.69. The standard InChI is InChI=1S/C18H15ClN2O3S2/c19-14-6-8-16(9-7-14)26(23,24)12-17(22)20-10-15-11-25-18(21-15)13-4-2-1-3-5-13/h1-9,11H,10,12H2,(H,20,22). The van der Waals surface area contributed by atoms with Crippen molar-refractivity contribution >= 4 is 38.7 Å². The summed E-state index contributed by atoms with van der Waals surface area (Å²) in [5.41, 5.74) is 1.69. The number of nitrogens with one attached hydrogen (secondary N) is 1. The average molecular weight is 407 g/mol. The van der Waals surface area contributed by atoms with Crippen molar-refractivity contribution in [2.75, 3.05) is 5.75 Å². The number of sulfone groups is 1. The molecule has 0 spiro atoms. The van der Waals surface area contributed by atoms with Gasteiger partial charge in [0.05, 0.1) is 17.1 Å². The topological polar surface area (TPSA) is 76.1 Å². The molecule has 0 radical (unpaired) electrons. The minimum atomic E-state index is -3.71. The molecule has 8 heteroatoms. The van der Waals surface area contributed by atoms with Gasteiger partial charge in [0, 0.05) is 16.0 Å². The number of aromatic nitrogens is 1. The molecule has 1 amide bonds. The maximum atomic E-state index is 12.2. The van der Waals surface area contributed by atoms with Crippen LogP contribution in [0, 0.1) is 0 Å². The van der Waals surface area contributed by atoms with Crippen LogP contribution in [-0.2, 0) is 21.2 Å². The van der Waals surface area contributed by atoms with Gasteiger partial charge in [-0.2, -0.15) is 0 Å². The van der Waals surface area contributed by atoms with E-state index in [1.54, 1.807) is 0 Å². The van der Waals surface area contributed by atoms with E-state index in [1.807, 2.05) is 35.7 Å². The second kappa shape index (κ2) is 7.99. The van der Waals surface area contributed by atoms with Crippen molar-refractivity contribution in [3.05, 3.63) is 70.7 Å². The van der Waals surface area contributed by atoms with Crippen molar-refractivity contribution in [2.45, 2.75) is 11.4 Å². The Labute approximate surface area is 160 Å². The molecular formula is C18H15ClN2O3S2. The molecule has 0 bridgehead atoms. The first-order valence-corrected chi connectivity index (χ1v) is 10.6. The molecule has 134 valence electrons. The molecule has 1 heterocycles. The van der Waals surface area contributed by atoms with Gasteiger partial charge in [-0.1, -0.05) is 41.9 Å². The molecule has 1 N–H and O–H groups in total. The molecule has 2 aromatic carbocycles. The zero-order valence-corrected chi connectivity index (χ0v) is 15.9. The Morgan fingerprint density at radius 3 is 2.46 bits per heavy atom. The van der Waals surface area contributed by atoms with Gasteiger partial charge in [-0.3, -0.25) is 4.79 Å². The number of nitrogens with zero attached hydrogens (tertiary/aromatic N) is 1. The Kier molecular flexibility index (Phi) is 5.70. The number of hydrogen-bond donors (Lipinski definition) is 1. The van der Waals surface area contributed by atoms with E-state index in [1.165, 1.54) is 35.6 Å². The fourth-order valence-corrected chi connectivity index (χ4v) is 4.36. The normalized spacial score (nSPS) is 11.3. The Hall–Kier alpha value is -2.22. The number of hydrogen-bond acceptors (Lipinski definition) is 5. The van der Waals surface area contributed by atoms with Crippen molar-refractivity contribution in [1.82, 2.24) is 10.3 Å². The lowest BCUT2D eigenvalue weighted by Crippen LogP contribution is -2.30. The second-order valence-corrected chi connectivity index (χ2v) is 8.78. The summed E-state index contributed by atoms with van der Waals surface area (Å²) in [6.45, 7) is 0.179. The molecule has 0 aliphatic heterocycles. The summed E-state index contributed by atoms with van der Waals surface area (Å²) < 4.78 is 24.5. The number of carbonyl (C=O) groups excluding carboxylic acids is 1. The number of rotatable bonds is 6. The monoisotopic (exact) mass is 406 g/mol. The SMILES string of the molecule is O=C(CS(=O)(=O)c1ccc(Cl)cc1)NCc1csc(-c2ccccc2)n1. The Bertz CT molecular complexity index is 1000. The van der Waals surface area contributed by atoms with Crippen LogP contribution in [0.5, 0.6) is 0 Å². The highest BCUT2D eigenvalue weighted by Crippen LogP contribution is 2.23. The van der Waals surface area contributed by atoms with E-state index in [0.29, 0.717) is 10.7 Å². The molecule has 0 saturated carbocycles. The van der Waals surface area contributed by atoms with E-state index in [9.17, 15) is 13.2 Å². The lowest BCUT2D eigenvalue weighted by atomic mass is 10.2. The smallest absolute Gasteiger partial charge is 0.235 e. The van der Waals surface area contributed by atoms with Crippen molar-refractivity contribution in [3.63, 3.8) is 0 Å². The van der Waals surface area contributed by atoms with E-state index in [-0.39, 0.29) is 11.4 Å².